The van der Waals surface area contributed by atoms with E-state index in [1.807, 2.05) is 19.9 Å². The number of hydrogen-bond donors (Lipinski definition) is 1. The van der Waals surface area contributed by atoms with Crippen molar-refractivity contribution in [2.45, 2.75) is 26.4 Å². The zero-order valence-corrected chi connectivity index (χ0v) is 20.6. The van der Waals surface area contributed by atoms with E-state index in [-0.39, 0.29) is 17.9 Å². The van der Waals surface area contributed by atoms with Gasteiger partial charge in [-0.3, -0.25) is 14.6 Å². The van der Waals surface area contributed by atoms with Gasteiger partial charge in [0.05, 0.1) is 32.4 Å². The number of methoxy groups -OCH3 is 2. The van der Waals surface area contributed by atoms with Gasteiger partial charge in [0.1, 0.15) is 11.5 Å². The molecule has 1 amide bonds. The summed E-state index contributed by atoms with van der Waals surface area (Å²) < 4.78 is 16.4. The number of aromatic nitrogens is 1. The van der Waals surface area contributed by atoms with Crippen molar-refractivity contribution in [3.05, 3.63) is 88.8 Å². The monoisotopic (exact) mass is 488 g/mol. The molecule has 0 aliphatic carbocycles. The largest absolute Gasteiger partial charge is 0.507 e. The SMILES string of the molecule is CCOc1ccc(C(O)=C2C(=O)C(=O)N(Cc3cccnc3)C2c2ccc(OC)c(OC)c2)cc1C. The summed E-state index contributed by atoms with van der Waals surface area (Å²) in [4.78, 5) is 32.1. The van der Waals surface area contributed by atoms with Crippen molar-refractivity contribution in [3.8, 4) is 17.2 Å². The number of ether oxygens (including phenoxy) is 3. The molecule has 1 N–H and O–H groups in total. The van der Waals surface area contributed by atoms with Crippen molar-refractivity contribution in [3.63, 3.8) is 0 Å². The molecule has 2 heterocycles. The molecule has 1 atom stereocenters. The maximum absolute atomic E-state index is 13.3. The molecule has 0 saturated carbocycles. The van der Waals surface area contributed by atoms with Gasteiger partial charge in [-0.1, -0.05) is 12.1 Å². The normalized spacial score (nSPS) is 16.8. The number of amides is 1. The molecule has 1 aliphatic heterocycles. The van der Waals surface area contributed by atoms with Gasteiger partial charge in [0.25, 0.3) is 11.7 Å². The molecule has 186 valence electrons. The molecule has 1 aromatic heterocycles. The first-order chi connectivity index (χ1) is 17.4. The van der Waals surface area contributed by atoms with Crippen LogP contribution in [0.15, 0.2) is 66.5 Å². The highest BCUT2D eigenvalue weighted by atomic mass is 16.5. The van der Waals surface area contributed by atoms with E-state index in [2.05, 4.69) is 4.98 Å². The van der Waals surface area contributed by atoms with Gasteiger partial charge in [-0.25, -0.2) is 0 Å². The lowest BCUT2D eigenvalue weighted by Crippen LogP contribution is -2.29. The number of ketones is 1. The second-order valence-corrected chi connectivity index (χ2v) is 8.32. The summed E-state index contributed by atoms with van der Waals surface area (Å²) in [6.07, 6.45) is 3.28. The van der Waals surface area contributed by atoms with Crippen LogP contribution < -0.4 is 14.2 Å². The Kier molecular flexibility index (Phi) is 7.24. The van der Waals surface area contributed by atoms with Crippen molar-refractivity contribution >= 4 is 17.4 Å². The minimum Gasteiger partial charge on any atom is -0.507 e. The standard InChI is InChI=1S/C28H28N2O6/c1-5-36-21-10-9-20(13-17(21)2)26(31)24-25(19-8-11-22(34-3)23(14-19)35-4)30(28(33)27(24)32)16-18-7-6-12-29-15-18/h6-15,25,31H,5,16H2,1-4H3. The minimum atomic E-state index is -0.850. The molecule has 0 radical (unpaired) electrons. The third kappa shape index (κ3) is 4.62. The molecule has 1 aliphatic rings. The minimum absolute atomic E-state index is 0.000305. The third-order valence-corrected chi connectivity index (χ3v) is 6.09. The predicted molar refractivity (Wildman–Crippen MR) is 134 cm³/mol. The van der Waals surface area contributed by atoms with Gasteiger partial charge in [-0.15, -0.1) is 0 Å². The molecule has 1 saturated heterocycles. The molecule has 8 heteroatoms. The maximum Gasteiger partial charge on any atom is 0.295 e. The van der Waals surface area contributed by atoms with Gasteiger partial charge in [0, 0.05) is 24.5 Å². The Morgan fingerprint density at radius 1 is 1.03 bits per heavy atom. The van der Waals surface area contributed by atoms with E-state index in [9.17, 15) is 14.7 Å². The van der Waals surface area contributed by atoms with Gasteiger partial charge in [-0.2, -0.15) is 0 Å². The lowest BCUT2D eigenvalue weighted by molar-refractivity contribution is -0.140. The van der Waals surface area contributed by atoms with Gasteiger partial charge >= 0.3 is 0 Å². The van der Waals surface area contributed by atoms with E-state index in [4.69, 9.17) is 14.2 Å². The van der Waals surface area contributed by atoms with E-state index >= 15 is 0 Å². The average Bonchev–Trinajstić information content (AvgIpc) is 3.14. The number of aryl methyl sites for hydroxylation is 1. The third-order valence-electron chi connectivity index (χ3n) is 6.09. The van der Waals surface area contributed by atoms with Crippen LogP contribution in [-0.4, -0.2) is 47.5 Å². The van der Waals surface area contributed by atoms with Crippen LogP contribution in [0, 0.1) is 6.92 Å². The van der Waals surface area contributed by atoms with Crippen LogP contribution in [-0.2, 0) is 16.1 Å². The summed E-state index contributed by atoms with van der Waals surface area (Å²) in [6, 6.07) is 13.1. The number of carbonyl (C=O) groups is 2. The maximum atomic E-state index is 13.3. The van der Waals surface area contributed by atoms with Crippen LogP contribution in [0.5, 0.6) is 17.2 Å². The van der Waals surface area contributed by atoms with E-state index < -0.39 is 17.7 Å². The Hall–Kier alpha value is -4.33. The van der Waals surface area contributed by atoms with E-state index in [0.29, 0.717) is 35.0 Å². The Morgan fingerprint density at radius 2 is 1.78 bits per heavy atom. The number of Topliss-reactive ketones (excluding diaryl/α,β-unsaturated/α-hetero) is 1. The number of likely N-dealkylation sites (tertiary alicyclic amines) is 1. The fourth-order valence-electron chi connectivity index (χ4n) is 4.37. The first-order valence-corrected chi connectivity index (χ1v) is 11.5. The van der Waals surface area contributed by atoms with Crippen LogP contribution in [0.4, 0.5) is 0 Å². The van der Waals surface area contributed by atoms with Gasteiger partial charge in [0.15, 0.2) is 11.5 Å². The van der Waals surface area contributed by atoms with Crippen LogP contribution in [0.25, 0.3) is 5.76 Å². The molecule has 0 spiro atoms. The summed E-state index contributed by atoms with van der Waals surface area (Å²) in [5, 5.41) is 11.4. The van der Waals surface area contributed by atoms with Gasteiger partial charge < -0.3 is 24.2 Å². The van der Waals surface area contributed by atoms with Crippen molar-refractivity contribution < 1.29 is 28.9 Å². The molecule has 3 aromatic rings. The highest BCUT2D eigenvalue weighted by molar-refractivity contribution is 6.46. The van der Waals surface area contributed by atoms with Crippen LogP contribution in [0.3, 0.4) is 0 Å². The Bertz CT molecular complexity index is 1320. The number of benzene rings is 2. The summed E-state index contributed by atoms with van der Waals surface area (Å²) in [6.45, 7) is 4.39. The van der Waals surface area contributed by atoms with Crippen LogP contribution in [0.2, 0.25) is 0 Å². The number of aliphatic hydroxyl groups excluding tert-OH is 1. The second-order valence-electron chi connectivity index (χ2n) is 8.32. The first kappa shape index (κ1) is 24.8. The highest BCUT2D eigenvalue weighted by Gasteiger charge is 2.46. The lowest BCUT2D eigenvalue weighted by Gasteiger charge is -2.26. The molecule has 1 unspecified atom stereocenters. The summed E-state index contributed by atoms with van der Waals surface area (Å²) in [7, 11) is 3.04. The number of pyridine rings is 1. The van der Waals surface area contributed by atoms with Gasteiger partial charge in [-0.05, 0) is 66.9 Å². The number of nitrogens with zero attached hydrogens (tertiary/aromatic N) is 2. The van der Waals surface area contributed by atoms with Crippen molar-refractivity contribution in [2.75, 3.05) is 20.8 Å². The molecule has 36 heavy (non-hydrogen) atoms. The number of hydrogen-bond acceptors (Lipinski definition) is 7. The lowest BCUT2D eigenvalue weighted by atomic mass is 9.94. The Morgan fingerprint density at radius 3 is 2.42 bits per heavy atom. The van der Waals surface area contributed by atoms with E-state index in [0.717, 1.165) is 11.1 Å². The van der Waals surface area contributed by atoms with E-state index in [1.54, 1.807) is 54.9 Å². The summed E-state index contributed by atoms with van der Waals surface area (Å²) in [5.74, 6) is -0.0903. The fraction of sp³-hybridized carbons (Fsp3) is 0.250. The summed E-state index contributed by atoms with van der Waals surface area (Å²) >= 11 is 0. The molecule has 4 rings (SSSR count). The zero-order valence-electron chi connectivity index (χ0n) is 20.6. The molecule has 0 bridgehead atoms. The van der Waals surface area contributed by atoms with Crippen molar-refractivity contribution in [2.24, 2.45) is 0 Å². The van der Waals surface area contributed by atoms with Crippen LogP contribution in [0.1, 0.15) is 35.2 Å². The van der Waals surface area contributed by atoms with Crippen molar-refractivity contribution in [1.82, 2.24) is 9.88 Å². The number of carbonyl (C=O) groups excluding carboxylic acids is 2. The topological polar surface area (TPSA) is 98.2 Å². The summed E-state index contributed by atoms with van der Waals surface area (Å²) in [5.41, 5.74) is 2.57. The van der Waals surface area contributed by atoms with Crippen LogP contribution >= 0.6 is 0 Å². The Balaban J connectivity index is 1.88. The van der Waals surface area contributed by atoms with Crippen molar-refractivity contribution in [1.29, 1.82) is 0 Å². The zero-order chi connectivity index (χ0) is 25.8. The van der Waals surface area contributed by atoms with Gasteiger partial charge in [0.2, 0.25) is 0 Å². The number of aliphatic hydroxyl groups is 1. The molecular formula is C28H28N2O6. The first-order valence-electron chi connectivity index (χ1n) is 11.5. The Labute approximate surface area is 209 Å². The molecule has 1 fully saturated rings. The molecule has 8 nitrogen and oxygen atoms in total. The molecule has 2 aromatic carbocycles. The number of rotatable bonds is 8. The average molecular weight is 489 g/mol. The second kappa shape index (κ2) is 10.5. The highest BCUT2D eigenvalue weighted by Crippen LogP contribution is 2.43. The predicted octanol–water partition coefficient (Wildman–Crippen LogP) is 4.43. The quantitative estimate of drug-likeness (QED) is 0.285. The van der Waals surface area contributed by atoms with E-state index in [1.165, 1.54) is 19.1 Å². The smallest absolute Gasteiger partial charge is 0.295 e. The molecular weight excluding hydrogens is 460 g/mol. The fourth-order valence-corrected chi connectivity index (χ4v) is 4.37.